The quantitative estimate of drug-likeness (QED) is 0.761. The van der Waals surface area contributed by atoms with E-state index in [4.69, 9.17) is 9.47 Å². The first-order valence-electron chi connectivity index (χ1n) is 8.55. The molecule has 0 bridgehead atoms. The second kappa shape index (κ2) is 8.53. The minimum absolute atomic E-state index is 0.264. The molecule has 0 aromatic heterocycles. The molecule has 1 aliphatic carbocycles. The number of hydrogen-bond donors (Lipinski definition) is 0. The molecule has 128 valence electrons. The fraction of sp³-hybridized carbons (Fsp3) is 0.381. The van der Waals surface area contributed by atoms with Crippen molar-refractivity contribution in [2.45, 2.75) is 39.0 Å². The molecule has 2 aromatic rings. The maximum Gasteiger partial charge on any atom is 0.337 e. The molecule has 0 radical (unpaired) electrons. The summed E-state index contributed by atoms with van der Waals surface area (Å²) in [6.45, 7) is 4.00. The minimum Gasteiger partial charge on any atom is -0.497 e. The summed E-state index contributed by atoms with van der Waals surface area (Å²) in [6.07, 6.45) is 3.12. The van der Waals surface area contributed by atoms with Crippen LogP contribution in [0.1, 0.15) is 53.2 Å². The van der Waals surface area contributed by atoms with Crippen molar-refractivity contribution in [3.8, 4) is 5.75 Å². The molecule has 0 spiro atoms. The van der Waals surface area contributed by atoms with Gasteiger partial charge in [0.2, 0.25) is 0 Å². The number of methoxy groups -OCH3 is 2. The lowest BCUT2D eigenvalue weighted by Crippen LogP contribution is -2.14. The van der Waals surface area contributed by atoms with Gasteiger partial charge in [0, 0.05) is 0 Å². The average Bonchev–Trinajstić information content (AvgIpc) is 2.68. The molecule has 0 heterocycles. The summed E-state index contributed by atoms with van der Waals surface area (Å²) < 4.78 is 10.0. The van der Waals surface area contributed by atoms with Crippen LogP contribution in [-0.2, 0) is 17.6 Å². The molecule has 0 N–H and O–H groups in total. The lowest BCUT2D eigenvalue weighted by molar-refractivity contribution is 0.0600. The van der Waals surface area contributed by atoms with Gasteiger partial charge in [0.15, 0.2) is 0 Å². The first-order chi connectivity index (χ1) is 11.7. The maximum absolute atomic E-state index is 11.6. The molecule has 3 nitrogen and oxygen atoms in total. The molecule has 0 saturated heterocycles. The van der Waals surface area contributed by atoms with E-state index >= 15 is 0 Å². The van der Waals surface area contributed by atoms with Crippen molar-refractivity contribution in [1.82, 2.24) is 0 Å². The van der Waals surface area contributed by atoms with Crippen molar-refractivity contribution in [2.75, 3.05) is 14.2 Å². The zero-order valence-corrected chi connectivity index (χ0v) is 15.0. The largest absolute Gasteiger partial charge is 0.497 e. The van der Waals surface area contributed by atoms with Gasteiger partial charge in [0.25, 0.3) is 0 Å². The minimum atomic E-state index is -0.264. The molecule has 1 aliphatic rings. The fourth-order valence-electron chi connectivity index (χ4n) is 3.16. The highest BCUT2D eigenvalue weighted by molar-refractivity contribution is 5.89. The van der Waals surface area contributed by atoms with Crippen molar-refractivity contribution < 1.29 is 14.3 Å². The standard InChI is InChI=1S/C19H20O3.C2H6/c1-21-18-9-7-13(8-10-18)14-3-4-16-12-17(19(20)22-2)6-5-15(16)11-14;1-2/h5-10,12,14H,3-4,11H2,1-2H3;1-2H3. The number of fused-ring (bicyclic) bond motifs is 1. The van der Waals surface area contributed by atoms with E-state index in [9.17, 15) is 4.79 Å². The highest BCUT2D eigenvalue weighted by Gasteiger charge is 2.21. The van der Waals surface area contributed by atoms with Gasteiger partial charge in [0.05, 0.1) is 19.8 Å². The van der Waals surface area contributed by atoms with Crippen molar-refractivity contribution in [1.29, 1.82) is 0 Å². The highest BCUT2D eigenvalue weighted by Crippen LogP contribution is 2.33. The van der Waals surface area contributed by atoms with E-state index in [-0.39, 0.29) is 5.97 Å². The average molecular weight is 326 g/mol. The second-order valence-corrected chi connectivity index (χ2v) is 5.69. The Morgan fingerprint density at radius 3 is 2.33 bits per heavy atom. The van der Waals surface area contributed by atoms with E-state index in [0.29, 0.717) is 11.5 Å². The normalized spacial score (nSPS) is 15.6. The van der Waals surface area contributed by atoms with E-state index in [1.54, 1.807) is 7.11 Å². The smallest absolute Gasteiger partial charge is 0.337 e. The van der Waals surface area contributed by atoms with Gasteiger partial charge in [-0.3, -0.25) is 0 Å². The monoisotopic (exact) mass is 326 g/mol. The van der Waals surface area contributed by atoms with Crippen molar-refractivity contribution in [2.24, 2.45) is 0 Å². The summed E-state index contributed by atoms with van der Waals surface area (Å²) in [4.78, 5) is 11.6. The summed E-state index contributed by atoms with van der Waals surface area (Å²) in [5.41, 5.74) is 4.60. The maximum atomic E-state index is 11.6. The van der Waals surface area contributed by atoms with Crippen LogP contribution < -0.4 is 4.74 Å². The summed E-state index contributed by atoms with van der Waals surface area (Å²) in [7, 11) is 3.10. The molecule has 0 saturated carbocycles. The SMILES string of the molecule is CC.COC(=O)c1ccc2c(c1)CCC(c1ccc(OC)cc1)C2. The zero-order valence-electron chi connectivity index (χ0n) is 15.0. The summed E-state index contributed by atoms with van der Waals surface area (Å²) in [5, 5.41) is 0. The molecule has 1 atom stereocenters. The van der Waals surface area contributed by atoms with E-state index in [1.165, 1.54) is 23.8 Å². The molecular formula is C21H26O3. The van der Waals surface area contributed by atoms with Crippen LogP contribution in [0.5, 0.6) is 5.75 Å². The van der Waals surface area contributed by atoms with Crippen LogP contribution in [0.25, 0.3) is 0 Å². The lowest BCUT2D eigenvalue weighted by atomic mass is 9.80. The molecule has 24 heavy (non-hydrogen) atoms. The summed E-state index contributed by atoms with van der Waals surface area (Å²) in [5.74, 6) is 1.16. The third kappa shape index (κ3) is 3.97. The Labute approximate surface area is 144 Å². The Hall–Kier alpha value is -2.29. The van der Waals surface area contributed by atoms with Crippen LogP contribution >= 0.6 is 0 Å². The van der Waals surface area contributed by atoms with E-state index in [0.717, 1.165) is 25.0 Å². The number of aryl methyl sites for hydroxylation is 1. The molecule has 2 aromatic carbocycles. The Morgan fingerprint density at radius 1 is 1.00 bits per heavy atom. The van der Waals surface area contributed by atoms with Crippen LogP contribution in [-0.4, -0.2) is 20.2 Å². The number of carbonyl (C=O) groups is 1. The van der Waals surface area contributed by atoms with Crippen molar-refractivity contribution >= 4 is 5.97 Å². The first-order valence-corrected chi connectivity index (χ1v) is 8.55. The summed E-state index contributed by atoms with van der Waals surface area (Å²) >= 11 is 0. The van der Waals surface area contributed by atoms with Gasteiger partial charge >= 0.3 is 5.97 Å². The van der Waals surface area contributed by atoms with Crippen molar-refractivity contribution in [3.05, 3.63) is 64.7 Å². The molecule has 0 amide bonds. The van der Waals surface area contributed by atoms with Gasteiger partial charge in [-0.2, -0.15) is 0 Å². The van der Waals surface area contributed by atoms with E-state index in [2.05, 4.69) is 18.2 Å². The number of ether oxygens (including phenoxy) is 2. The van der Waals surface area contributed by atoms with Gasteiger partial charge in [-0.25, -0.2) is 4.79 Å². The number of esters is 1. The topological polar surface area (TPSA) is 35.5 Å². The fourth-order valence-corrected chi connectivity index (χ4v) is 3.16. The number of carbonyl (C=O) groups excluding carboxylic acids is 1. The number of benzene rings is 2. The molecule has 0 aliphatic heterocycles. The third-order valence-corrected chi connectivity index (χ3v) is 4.44. The molecular weight excluding hydrogens is 300 g/mol. The van der Waals surface area contributed by atoms with Crippen LogP contribution in [0.15, 0.2) is 42.5 Å². The highest BCUT2D eigenvalue weighted by atomic mass is 16.5. The Balaban J connectivity index is 0.00000100. The van der Waals surface area contributed by atoms with Crippen molar-refractivity contribution in [3.63, 3.8) is 0 Å². The van der Waals surface area contributed by atoms with Crippen LogP contribution in [0.4, 0.5) is 0 Å². The molecule has 1 unspecified atom stereocenters. The Morgan fingerprint density at radius 2 is 1.71 bits per heavy atom. The van der Waals surface area contributed by atoms with Gasteiger partial charge < -0.3 is 9.47 Å². The predicted molar refractivity (Wildman–Crippen MR) is 96.9 cm³/mol. The van der Waals surface area contributed by atoms with Gasteiger partial charge in [-0.1, -0.05) is 32.0 Å². The van der Waals surface area contributed by atoms with E-state index < -0.39 is 0 Å². The first kappa shape index (κ1) is 18.1. The number of hydrogen-bond acceptors (Lipinski definition) is 3. The van der Waals surface area contributed by atoms with Crippen LogP contribution in [0.3, 0.4) is 0 Å². The predicted octanol–water partition coefficient (Wildman–Crippen LogP) is 4.78. The van der Waals surface area contributed by atoms with E-state index in [1.807, 2.05) is 38.1 Å². The van der Waals surface area contributed by atoms with Crippen LogP contribution in [0.2, 0.25) is 0 Å². The lowest BCUT2D eigenvalue weighted by Gasteiger charge is -2.25. The zero-order chi connectivity index (χ0) is 17.5. The third-order valence-electron chi connectivity index (χ3n) is 4.44. The molecule has 0 fully saturated rings. The van der Waals surface area contributed by atoms with Crippen LogP contribution in [0, 0.1) is 0 Å². The second-order valence-electron chi connectivity index (χ2n) is 5.69. The van der Waals surface area contributed by atoms with Gasteiger partial charge in [0.1, 0.15) is 5.75 Å². The number of rotatable bonds is 3. The van der Waals surface area contributed by atoms with Gasteiger partial charge in [-0.05, 0) is 66.1 Å². The Kier molecular flexibility index (Phi) is 6.42. The Bertz CT molecular complexity index is 674. The molecule has 3 rings (SSSR count). The summed E-state index contributed by atoms with van der Waals surface area (Å²) in [6, 6.07) is 14.2. The van der Waals surface area contributed by atoms with Gasteiger partial charge in [-0.15, -0.1) is 0 Å². The molecule has 3 heteroatoms.